The van der Waals surface area contributed by atoms with Gasteiger partial charge in [-0.2, -0.15) is 4.68 Å². The van der Waals surface area contributed by atoms with Crippen LogP contribution in [-0.2, 0) is 0 Å². The van der Waals surface area contributed by atoms with Crippen molar-refractivity contribution in [3.63, 3.8) is 0 Å². The van der Waals surface area contributed by atoms with Crippen LogP contribution in [0.4, 0.5) is 0 Å². The summed E-state index contributed by atoms with van der Waals surface area (Å²) in [6, 6.07) is 20.8. The Balaban J connectivity index is 1.37. The molecule has 0 radical (unpaired) electrons. The van der Waals surface area contributed by atoms with Crippen molar-refractivity contribution in [1.82, 2.24) is 35.0 Å². The Morgan fingerprint density at radius 2 is 1.57 bits per heavy atom. The van der Waals surface area contributed by atoms with Gasteiger partial charge in [-0.15, -0.1) is 5.10 Å². The lowest BCUT2D eigenvalue weighted by Crippen LogP contribution is -2.48. The average Bonchev–Trinajstić information content (AvgIpc) is 3.35. The first-order chi connectivity index (χ1) is 17.2. The first-order valence-corrected chi connectivity index (χ1v) is 12.1. The maximum absolute atomic E-state index is 4.54. The largest absolute Gasteiger partial charge is 0.297 e. The molecular weight excluding hydrogens is 434 g/mol. The first kappa shape index (κ1) is 23.1. The summed E-state index contributed by atoms with van der Waals surface area (Å²) in [6.45, 7) is 9.02. The second kappa shape index (κ2) is 10.7. The topological polar surface area (TPSA) is 63.0 Å². The van der Waals surface area contributed by atoms with Crippen LogP contribution in [0.3, 0.4) is 0 Å². The van der Waals surface area contributed by atoms with Crippen LogP contribution in [-0.4, -0.2) is 67.7 Å². The molecule has 35 heavy (non-hydrogen) atoms. The number of benzene rings is 2. The summed E-state index contributed by atoms with van der Waals surface area (Å²) in [5.41, 5.74) is 5.75. The molecule has 1 atom stereocenters. The number of hydrogen-bond donors (Lipinski definition) is 0. The standard InChI is InChI=1S/C28H31N7/c1-22-8-6-9-23(2)26(22)35-28(30-31-32-35)27(25-13-15-29-16-14-25)34-20-18-33(19-21-34)17-7-12-24-10-4-3-5-11-24/h3-16,27H,17-21H2,1-2H3/b12-7+. The quantitative estimate of drug-likeness (QED) is 0.410. The zero-order valence-electron chi connectivity index (χ0n) is 20.3. The third-order valence-corrected chi connectivity index (χ3v) is 6.66. The molecule has 0 saturated carbocycles. The zero-order valence-corrected chi connectivity index (χ0v) is 20.3. The summed E-state index contributed by atoms with van der Waals surface area (Å²) in [6.07, 6.45) is 8.15. The van der Waals surface area contributed by atoms with Crippen molar-refractivity contribution in [2.75, 3.05) is 32.7 Å². The van der Waals surface area contributed by atoms with Crippen LogP contribution in [0.25, 0.3) is 11.8 Å². The first-order valence-electron chi connectivity index (χ1n) is 12.1. The van der Waals surface area contributed by atoms with Crippen molar-refractivity contribution in [2.24, 2.45) is 0 Å². The van der Waals surface area contributed by atoms with Gasteiger partial charge in [-0.05, 0) is 58.7 Å². The lowest BCUT2D eigenvalue weighted by Gasteiger charge is -2.38. The number of para-hydroxylation sites is 1. The van der Waals surface area contributed by atoms with Crippen LogP contribution in [0, 0.1) is 13.8 Å². The van der Waals surface area contributed by atoms with Crippen molar-refractivity contribution in [1.29, 1.82) is 0 Å². The van der Waals surface area contributed by atoms with E-state index in [1.54, 1.807) is 0 Å². The summed E-state index contributed by atoms with van der Waals surface area (Å²) in [4.78, 5) is 9.22. The van der Waals surface area contributed by atoms with Crippen molar-refractivity contribution < 1.29 is 0 Å². The van der Waals surface area contributed by atoms with Gasteiger partial charge in [0.05, 0.1) is 11.7 Å². The monoisotopic (exact) mass is 465 g/mol. The van der Waals surface area contributed by atoms with E-state index in [0.29, 0.717) is 0 Å². The van der Waals surface area contributed by atoms with Gasteiger partial charge in [0.25, 0.3) is 0 Å². The molecule has 2 aromatic carbocycles. The summed E-state index contributed by atoms with van der Waals surface area (Å²) in [5, 5.41) is 13.1. The minimum atomic E-state index is -0.0472. The summed E-state index contributed by atoms with van der Waals surface area (Å²) in [7, 11) is 0. The van der Waals surface area contributed by atoms with E-state index in [-0.39, 0.29) is 6.04 Å². The Hall–Kier alpha value is -3.68. The van der Waals surface area contributed by atoms with Gasteiger partial charge in [-0.25, -0.2) is 0 Å². The smallest absolute Gasteiger partial charge is 0.178 e. The highest BCUT2D eigenvalue weighted by Crippen LogP contribution is 2.30. The zero-order chi connectivity index (χ0) is 24.0. The molecule has 1 aliphatic rings. The Morgan fingerprint density at radius 3 is 2.29 bits per heavy atom. The maximum Gasteiger partial charge on any atom is 0.178 e. The molecule has 7 nitrogen and oxygen atoms in total. The second-order valence-electron chi connectivity index (χ2n) is 9.02. The van der Waals surface area contributed by atoms with Crippen LogP contribution < -0.4 is 0 Å². The lowest BCUT2D eigenvalue weighted by molar-refractivity contribution is 0.113. The maximum atomic E-state index is 4.54. The third-order valence-electron chi connectivity index (χ3n) is 6.66. The molecule has 0 spiro atoms. The molecule has 0 amide bonds. The van der Waals surface area contributed by atoms with E-state index in [1.165, 1.54) is 5.56 Å². The van der Waals surface area contributed by atoms with E-state index in [2.05, 4.69) is 111 Å². The van der Waals surface area contributed by atoms with E-state index in [0.717, 1.165) is 60.9 Å². The van der Waals surface area contributed by atoms with E-state index in [9.17, 15) is 0 Å². The highest BCUT2D eigenvalue weighted by molar-refractivity contribution is 5.49. The Morgan fingerprint density at radius 1 is 0.857 bits per heavy atom. The van der Waals surface area contributed by atoms with Gasteiger partial charge >= 0.3 is 0 Å². The number of rotatable bonds is 7. The average molecular weight is 466 g/mol. The predicted octanol–water partition coefficient (Wildman–Crippen LogP) is 4.09. The van der Waals surface area contributed by atoms with E-state index in [1.807, 2.05) is 23.1 Å². The number of hydrogen-bond acceptors (Lipinski definition) is 6. The third kappa shape index (κ3) is 5.21. The molecule has 0 N–H and O–H groups in total. The predicted molar refractivity (Wildman–Crippen MR) is 138 cm³/mol. The lowest BCUT2D eigenvalue weighted by atomic mass is 10.0. The van der Waals surface area contributed by atoms with Gasteiger partial charge in [-0.1, -0.05) is 60.7 Å². The summed E-state index contributed by atoms with van der Waals surface area (Å²) in [5.74, 6) is 0.839. The fraction of sp³-hybridized carbons (Fsp3) is 0.286. The molecule has 178 valence electrons. The van der Waals surface area contributed by atoms with Gasteiger partial charge < -0.3 is 0 Å². The Bertz CT molecular complexity index is 1240. The molecule has 0 aliphatic carbocycles. The molecule has 1 unspecified atom stereocenters. The van der Waals surface area contributed by atoms with Gasteiger partial charge in [0.2, 0.25) is 0 Å². The molecule has 3 heterocycles. The molecule has 0 bridgehead atoms. The van der Waals surface area contributed by atoms with Crippen molar-refractivity contribution in [3.8, 4) is 5.69 Å². The normalized spacial score (nSPS) is 16.1. The SMILES string of the molecule is Cc1cccc(C)c1-n1nnnc1C(c1ccncc1)N1CCN(C/C=C/c2ccccc2)CC1. The number of pyridine rings is 1. The van der Waals surface area contributed by atoms with Crippen LogP contribution >= 0.6 is 0 Å². The second-order valence-corrected chi connectivity index (χ2v) is 9.02. The molecular formula is C28H31N7. The molecule has 1 fully saturated rings. The van der Waals surface area contributed by atoms with Crippen LogP contribution in [0.15, 0.2) is 79.1 Å². The molecule has 5 rings (SSSR count). The number of piperazine rings is 1. The van der Waals surface area contributed by atoms with E-state index >= 15 is 0 Å². The number of aromatic nitrogens is 5. The van der Waals surface area contributed by atoms with Gasteiger partial charge in [0.15, 0.2) is 5.82 Å². The molecule has 2 aromatic heterocycles. The van der Waals surface area contributed by atoms with E-state index < -0.39 is 0 Å². The van der Waals surface area contributed by atoms with Gasteiger partial charge in [0, 0.05) is 45.1 Å². The minimum Gasteiger partial charge on any atom is -0.297 e. The number of tetrazole rings is 1. The number of nitrogens with zero attached hydrogens (tertiary/aromatic N) is 7. The molecule has 7 heteroatoms. The molecule has 1 saturated heterocycles. The number of aryl methyl sites for hydroxylation is 2. The Labute approximate surface area is 206 Å². The Kier molecular flexibility index (Phi) is 7.07. The highest BCUT2D eigenvalue weighted by atomic mass is 15.6. The van der Waals surface area contributed by atoms with Crippen LogP contribution in [0.5, 0.6) is 0 Å². The summed E-state index contributed by atoms with van der Waals surface area (Å²) < 4.78 is 1.92. The van der Waals surface area contributed by atoms with Crippen LogP contribution in [0.2, 0.25) is 0 Å². The van der Waals surface area contributed by atoms with E-state index in [4.69, 9.17) is 0 Å². The van der Waals surface area contributed by atoms with Crippen molar-refractivity contribution >= 4 is 6.08 Å². The van der Waals surface area contributed by atoms with Crippen molar-refractivity contribution in [3.05, 3.63) is 107 Å². The highest BCUT2D eigenvalue weighted by Gasteiger charge is 2.31. The van der Waals surface area contributed by atoms with Crippen molar-refractivity contribution in [2.45, 2.75) is 19.9 Å². The van der Waals surface area contributed by atoms with Gasteiger partial charge in [-0.3, -0.25) is 14.8 Å². The van der Waals surface area contributed by atoms with Crippen LogP contribution in [0.1, 0.15) is 34.1 Å². The fourth-order valence-electron chi connectivity index (χ4n) is 4.84. The van der Waals surface area contributed by atoms with Gasteiger partial charge in [0.1, 0.15) is 0 Å². The fourth-order valence-corrected chi connectivity index (χ4v) is 4.84. The molecule has 1 aliphatic heterocycles. The molecule has 4 aromatic rings. The minimum absolute atomic E-state index is 0.0472. The summed E-state index contributed by atoms with van der Waals surface area (Å²) >= 11 is 0.